The normalized spacial score (nSPS) is 14.5. The molecule has 1 aliphatic heterocycles. The van der Waals surface area contributed by atoms with Gasteiger partial charge in [0.15, 0.2) is 5.65 Å². The summed E-state index contributed by atoms with van der Waals surface area (Å²) in [6.07, 6.45) is 11.2. The van der Waals surface area contributed by atoms with Gasteiger partial charge in [-0.2, -0.15) is 5.10 Å². The largest absolute Gasteiger partial charge is 0.317 e. The van der Waals surface area contributed by atoms with Gasteiger partial charge in [0, 0.05) is 52.4 Å². The van der Waals surface area contributed by atoms with Gasteiger partial charge in [0.25, 0.3) is 0 Å². The first kappa shape index (κ1) is 21.5. The highest BCUT2D eigenvalue weighted by Gasteiger charge is 2.17. The topological polar surface area (TPSA) is 68.5 Å². The van der Waals surface area contributed by atoms with Gasteiger partial charge in [-0.3, -0.25) is 9.67 Å². The highest BCUT2D eigenvalue weighted by Crippen LogP contribution is 2.34. The van der Waals surface area contributed by atoms with Crippen LogP contribution in [-0.2, 0) is 0 Å². The first-order valence-corrected chi connectivity index (χ1v) is 11.6. The van der Waals surface area contributed by atoms with E-state index in [0.29, 0.717) is 17.4 Å². The van der Waals surface area contributed by atoms with Crippen LogP contribution in [0.5, 0.6) is 0 Å². The number of hydrogen-bond acceptors (Lipinski definition) is 5. The summed E-state index contributed by atoms with van der Waals surface area (Å²) < 4.78 is 30.5. The molecule has 6 rings (SSSR count). The molecule has 174 valence electrons. The Bertz CT molecular complexity index is 1520. The van der Waals surface area contributed by atoms with Crippen molar-refractivity contribution in [3.63, 3.8) is 0 Å². The average molecular weight is 469 g/mol. The summed E-state index contributed by atoms with van der Waals surface area (Å²) in [7, 11) is 0. The van der Waals surface area contributed by atoms with Crippen molar-refractivity contribution in [3.8, 4) is 33.5 Å². The summed E-state index contributed by atoms with van der Waals surface area (Å²) in [6.45, 7) is 1.99. The van der Waals surface area contributed by atoms with Crippen LogP contribution in [0.3, 0.4) is 0 Å². The van der Waals surface area contributed by atoms with Gasteiger partial charge in [-0.25, -0.2) is 18.7 Å². The summed E-state index contributed by atoms with van der Waals surface area (Å²) in [6, 6.07) is 11.3. The number of fused-ring (bicyclic) bond motifs is 1. The van der Waals surface area contributed by atoms with Crippen LogP contribution in [-0.4, -0.2) is 37.8 Å². The minimum Gasteiger partial charge on any atom is -0.317 e. The van der Waals surface area contributed by atoms with Crippen molar-refractivity contribution in [1.29, 1.82) is 0 Å². The Morgan fingerprint density at radius 2 is 1.74 bits per heavy atom. The number of pyridine rings is 3. The van der Waals surface area contributed by atoms with E-state index in [-0.39, 0.29) is 5.56 Å². The summed E-state index contributed by atoms with van der Waals surface area (Å²) in [5.74, 6) is -1.07. The molecule has 0 amide bonds. The van der Waals surface area contributed by atoms with Gasteiger partial charge in [0.2, 0.25) is 0 Å². The minimum absolute atomic E-state index is 0.0890. The highest BCUT2D eigenvalue weighted by molar-refractivity contribution is 5.95. The Morgan fingerprint density at radius 1 is 0.886 bits per heavy atom. The zero-order valence-electron chi connectivity index (χ0n) is 18.8. The molecule has 0 atom stereocenters. The Labute approximate surface area is 200 Å². The lowest BCUT2D eigenvalue weighted by Gasteiger charge is -2.22. The van der Waals surface area contributed by atoms with Crippen LogP contribution in [0.15, 0.2) is 73.4 Å². The number of nitrogens with one attached hydrogen (secondary N) is 1. The lowest BCUT2D eigenvalue weighted by Crippen LogP contribution is -2.29. The number of rotatable bonds is 4. The second kappa shape index (κ2) is 8.96. The molecule has 5 aromatic rings. The molecule has 4 aromatic heterocycles. The third-order valence-corrected chi connectivity index (χ3v) is 6.46. The molecule has 0 saturated carbocycles. The van der Waals surface area contributed by atoms with Crippen LogP contribution >= 0.6 is 0 Å². The van der Waals surface area contributed by atoms with Crippen molar-refractivity contribution < 1.29 is 8.78 Å². The minimum atomic E-state index is -0.544. The zero-order valence-corrected chi connectivity index (χ0v) is 18.8. The summed E-state index contributed by atoms with van der Waals surface area (Å²) in [5.41, 5.74) is 4.38. The Hall–Kier alpha value is -4.04. The maximum Gasteiger partial charge on any atom is 0.160 e. The van der Waals surface area contributed by atoms with Gasteiger partial charge in [-0.15, -0.1) is 0 Å². The number of nitrogens with zero attached hydrogens (tertiary/aromatic N) is 5. The van der Waals surface area contributed by atoms with Crippen molar-refractivity contribution in [2.75, 3.05) is 13.1 Å². The van der Waals surface area contributed by atoms with Crippen molar-refractivity contribution in [1.82, 2.24) is 30.0 Å². The fraction of sp³-hybridized carbons (Fsp3) is 0.185. The molecule has 0 bridgehead atoms. The quantitative estimate of drug-likeness (QED) is 0.381. The molecular weight excluding hydrogens is 446 g/mol. The third kappa shape index (κ3) is 4.17. The molecule has 0 spiro atoms. The van der Waals surface area contributed by atoms with E-state index in [4.69, 9.17) is 0 Å². The van der Waals surface area contributed by atoms with E-state index in [1.807, 2.05) is 35.3 Å². The average Bonchev–Trinajstić information content (AvgIpc) is 3.41. The summed E-state index contributed by atoms with van der Waals surface area (Å²) >= 11 is 0. The SMILES string of the molecule is Fc1ccc(F)c(-c2cc(-c3cncc(-c4cnn(C5CCNCC5)c4)c3)c3cccnc3n2)c1. The molecule has 1 N–H and O–H groups in total. The molecule has 35 heavy (non-hydrogen) atoms. The van der Waals surface area contributed by atoms with Crippen LogP contribution in [0, 0.1) is 11.6 Å². The highest BCUT2D eigenvalue weighted by atomic mass is 19.1. The Kier molecular flexibility index (Phi) is 5.50. The number of benzene rings is 1. The van der Waals surface area contributed by atoms with E-state index in [1.165, 1.54) is 0 Å². The predicted molar refractivity (Wildman–Crippen MR) is 130 cm³/mol. The number of piperidine rings is 1. The zero-order chi connectivity index (χ0) is 23.8. The van der Waals surface area contributed by atoms with E-state index in [2.05, 4.69) is 31.6 Å². The standard InChI is InChI=1S/C27H22F2N6/c28-20-3-4-25(29)24(11-20)26-12-23(22-2-1-7-32-27(22)34-26)18-10-17(13-31-14-18)19-15-33-35(16-19)21-5-8-30-9-6-21/h1-4,7,10-16,21,30H,5-6,8-9H2. The molecule has 1 saturated heterocycles. The molecule has 1 fully saturated rings. The van der Waals surface area contributed by atoms with Gasteiger partial charge in [0.05, 0.1) is 17.9 Å². The molecule has 0 unspecified atom stereocenters. The molecule has 1 aliphatic rings. The fourth-order valence-electron chi connectivity index (χ4n) is 4.63. The molecule has 8 heteroatoms. The van der Waals surface area contributed by atoms with Gasteiger partial charge < -0.3 is 5.32 Å². The van der Waals surface area contributed by atoms with Gasteiger partial charge in [-0.1, -0.05) is 0 Å². The molecule has 0 aliphatic carbocycles. The summed E-state index contributed by atoms with van der Waals surface area (Å²) in [5, 5.41) is 8.79. The van der Waals surface area contributed by atoms with Crippen molar-refractivity contribution in [2.45, 2.75) is 18.9 Å². The second-order valence-electron chi connectivity index (χ2n) is 8.71. The lowest BCUT2D eigenvalue weighted by molar-refractivity contribution is 0.343. The molecule has 1 aromatic carbocycles. The number of halogens is 2. The van der Waals surface area contributed by atoms with Crippen molar-refractivity contribution >= 4 is 11.0 Å². The lowest BCUT2D eigenvalue weighted by atomic mass is 9.99. The van der Waals surface area contributed by atoms with Crippen molar-refractivity contribution in [2.24, 2.45) is 0 Å². The summed E-state index contributed by atoms with van der Waals surface area (Å²) in [4.78, 5) is 13.4. The van der Waals surface area contributed by atoms with E-state index in [0.717, 1.165) is 71.8 Å². The Morgan fingerprint density at radius 3 is 2.63 bits per heavy atom. The first-order valence-electron chi connectivity index (χ1n) is 11.6. The van der Waals surface area contributed by atoms with E-state index >= 15 is 0 Å². The van der Waals surface area contributed by atoms with Crippen LogP contribution in [0.4, 0.5) is 8.78 Å². The smallest absolute Gasteiger partial charge is 0.160 e. The van der Waals surface area contributed by atoms with Gasteiger partial charge >= 0.3 is 0 Å². The number of hydrogen-bond donors (Lipinski definition) is 1. The molecular formula is C27H22F2N6. The fourth-order valence-corrected chi connectivity index (χ4v) is 4.63. The van der Waals surface area contributed by atoms with Crippen LogP contribution in [0.2, 0.25) is 0 Å². The van der Waals surface area contributed by atoms with Gasteiger partial charge in [0.1, 0.15) is 11.6 Å². The Balaban J connectivity index is 1.44. The first-order chi connectivity index (χ1) is 17.2. The monoisotopic (exact) mass is 468 g/mol. The predicted octanol–water partition coefficient (Wildman–Crippen LogP) is 5.43. The van der Waals surface area contributed by atoms with E-state index in [1.54, 1.807) is 18.5 Å². The second-order valence-corrected chi connectivity index (χ2v) is 8.71. The van der Waals surface area contributed by atoms with Crippen molar-refractivity contribution in [3.05, 3.63) is 85.1 Å². The van der Waals surface area contributed by atoms with Crippen LogP contribution in [0.1, 0.15) is 18.9 Å². The van der Waals surface area contributed by atoms with E-state index < -0.39 is 11.6 Å². The van der Waals surface area contributed by atoms with Crippen LogP contribution < -0.4 is 5.32 Å². The maximum absolute atomic E-state index is 14.6. The molecule has 6 nitrogen and oxygen atoms in total. The number of aromatic nitrogens is 5. The van der Waals surface area contributed by atoms with Gasteiger partial charge in [-0.05, 0) is 74.0 Å². The molecule has 5 heterocycles. The molecule has 0 radical (unpaired) electrons. The van der Waals surface area contributed by atoms with Crippen LogP contribution in [0.25, 0.3) is 44.5 Å². The third-order valence-electron chi connectivity index (χ3n) is 6.46. The van der Waals surface area contributed by atoms with E-state index in [9.17, 15) is 8.78 Å². The maximum atomic E-state index is 14.6.